The molecule has 0 unspecified atom stereocenters. The van der Waals surface area contributed by atoms with Gasteiger partial charge in [0.05, 0.1) is 5.56 Å². The minimum absolute atomic E-state index is 0.0623. The van der Waals surface area contributed by atoms with Crippen molar-refractivity contribution in [1.29, 1.82) is 0 Å². The summed E-state index contributed by atoms with van der Waals surface area (Å²) in [5, 5.41) is 16.2. The Kier molecular flexibility index (Phi) is 4.55. The van der Waals surface area contributed by atoms with Crippen molar-refractivity contribution in [3.05, 3.63) is 84.4 Å². The third kappa shape index (κ3) is 3.45. The van der Waals surface area contributed by atoms with Crippen LogP contribution in [0.1, 0.15) is 10.4 Å². The summed E-state index contributed by atoms with van der Waals surface area (Å²) in [4.78, 5) is 16.6. The molecule has 2 heterocycles. The van der Waals surface area contributed by atoms with Gasteiger partial charge in [0.1, 0.15) is 17.3 Å². The average molecular weight is 375 g/mol. The molecule has 0 aliphatic carbocycles. The standard InChI is InChI=1S/C21H14FN3O3/c22-16-5-1-14(2-6-16)19-18(13-9-11-23-12-10-13)21(28-25-19)24-20(27)15-3-7-17(26)8-4-15/h1-12,26H,(H,24,27). The SMILES string of the molecule is O=C(Nc1onc(-c2ccc(F)cc2)c1-c1ccncc1)c1ccc(O)cc1. The van der Waals surface area contributed by atoms with Crippen LogP contribution in [0.25, 0.3) is 22.4 Å². The number of nitrogens with zero attached hydrogens (tertiary/aromatic N) is 2. The number of amides is 1. The van der Waals surface area contributed by atoms with Crippen LogP contribution >= 0.6 is 0 Å². The minimum Gasteiger partial charge on any atom is -0.508 e. The number of phenols is 1. The van der Waals surface area contributed by atoms with E-state index in [-0.39, 0.29) is 17.5 Å². The molecule has 0 saturated heterocycles. The van der Waals surface area contributed by atoms with Crippen LogP contribution in [0, 0.1) is 5.82 Å². The van der Waals surface area contributed by atoms with Crippen LogP contribution in [0.5, 0.6) is 5.75 Å². The van der Waals surface area contributed by atoms with Gasteiger partial charge >= 0.3 is 0 Å². The van der Waals surface area contributed by atoms with E-state index in [4.69, 9.17) is 4.52 Å². The Morgan fingerprint density at radius 2 is 1.61 bits per heavy atom. The molecule has 0 saturated carbocycles. The maximum Gasteiger partial charge on any atom is 0.258 e. The van der Waals surface area contributed by atoms with Gasteiger partial charge < -0.3 is 9.63 Å². The molecule has 0 bridgehead atoms. The van der Waals surface area contributed by atoms with Crippen molar-refractivity contribution in [2.75, 3.05) is 5.32 Å². The number of hydrogen-bond donors (Lipinski definition) is 2. The Morgan fingerprint density at radius 1 is 0.929 bits per heavy atom. The van der Waals surface area contributed by atoms with Crippen molar-refractivity contribution in [3.63, 3.8) is 0 Å². The second kappa shape index (κ2) is 7.32. The van der Waals surface area contributed by atoms with Crippen molar-refractivity contribution in [2.45, 2.75) is 0 Å². The molecule has 0 atom stereocenters. The first-order valence-electron chi connectivity index (χ1n) is 8.38. The second-order valence-electron chi connectivity index (χ2n) is 5.98. The van der Waals surface area contributed by atoms with E-state index >= 15 is 0 Å². The Morgan fingerprint density at radius 3 is 2.29 bits per heavy atom. The fourth-order valence-electron chi connectivity index (χ4n) is 2.75. The molecule has 2 N–H and O–H groups in total. The molecule has 7 heteroatoms. The summed E-state index contributed by atoms with van der Waals surface area (Å²) in [6, 6.07) is 15.2. The number of hydrogen-bond acceptors (Lipinski definition) is 5. The van der Waals surface area contributed by atoms with E-state index in [9.17, 15) is 14.3 Å². The third-order valence-corrected chi connectivity index (χ3v) is 4.14. The van der Waals surface area contributed by atoms with E-state index < -0.39 is 5.91 Å². The fourth-order valence-corrected chi connectivity index (χ4v) is 2.75. The highest BCUT2D eigenvalue weighted by Gasteiger charge is 2.21. The first-order valence-corrected chi connectivity index (χ1v) is 8.38. The molecule has 2 aromatic heterocycles. The molecule has 1 amide bonds. The largest absolute Gasteiger partial charge is 0.508 e. The molecular weight excluding hydrogens is 361 g/mol. The van der Waals surface area contributed by atoms with Gasteiger partial charge in [0.2, 0.25) is 5.88 Å². The smallest absolute Gasteiger partial charge is 0.258 e. The number of phenolic OH excluding ortho intramolecular Hbond substituents is 1. The predicted octanol–water partition coefficient (Wildman–Crippen LogP) is 4.50. The lowest BCUT2D eigenvalue weighted by molar-refractivity contribution is 0.102. The number of pyridine rings is 1. The van der Waals surface area contributed by atoms with Gasteiger partial charge in [0, 0.05) is 23.5 Å². The molecular formula is C21H14FN3O3. The maximum atomic E-state index is 13.3. The summed E-state index contributed by atoms with van der Waals surface area (Å²) >= 11 is 0. The van der Waals surface area contributed by atoms with E-state index in [0.29, 0.717) is 22.4 Å². The van der Waals surface area contributed by atoms with Gasteiger partial charge in [0.15, 0.2) is 0 Å². The highest BCUT2D eigenvalue weighted by atomic mass is 19.1. The van der Waals surface area contributed by atoms with Crippen molar-refractivity contribution in [3.8, 4) is 28.1 Å². The van der Waals surface area contributed by atoms with Crippen LogP contribution in [-0.4, -0.2) is 21.2 Å². The number of rotatable bonds is 4. The highest BCUT2D eigenvalue weighted by Crippen LogP contribution is 2.37. The molecule has 4 aromatic rings. The molecule has 6 nitrogen and oxygen atoms in total. The number of carbonyl (C=O) groups is 1. The van der Waals surface area contributed by atoms with Crippen LogP contribution in [0.15, 0.2) is 77.6 Å². The van der Waals surface area contributed by atoms with E-state index in [1.54, 1.807) is 36.7 Å². The highest BCUT2D eigenvalue weighted by molar-refractivity contribution is 6.06. The third-order valence-electron chi connectivity index (χ3n) is 4.14. The van der Waals surface area contributed by atoms with Crippen molar-refractivity contribution in [1.82, 2.24) is 10.1 Å². The summed E-state index contributed by atoms with van der Waals surface area (Å²) < 4.78 is 18.7. The van der Waals surface area contributed by atoms with Gasteiger partial charge in [-0.1, -0.05) is 5.16 Å². The average Bonchev–Trinajstić information content (AvgIpc) is 3.13. The summed E-state index contributed by atoms with van der Waals surface area (Å²) in [7, 11) is 0. The first-order chi connectivity index (χ1) is 13.6. The Hall–Kier alpha value is -4.00. The van der Waals surface area contributed by atoms with Crippen LogP contribution < -0.4 is 5.32 Å². The summed E-state index contributed by atoms with van der Waals surface area (Å²) in [5.41, 5.74) is 2.74. The van der Waals surface area contributed by atoms with Crippen LogP contribution in [-0.2, 0) is 0 Å². The lowest BCUT2D eigenvalue weighted by Crippen LogP contribution is -2.11. The van der Waals surface area contributed by atoms with E-state index in [0.717, 1.165) is 5.56 Å². The summed E-state index contributed by atoms with van der Waals surface area (Å²) in [6.07, 6.45) is 3.23. The lowest BCUT2D eigenvalue weighted by Gasteiger charge is -2.06. The van der Waals surface area contributed by atoms with Gasteiger partial charge in [-0.15, -0.1) is 0 Å². The van der Waals surface area contributed by atoms with Gasteiger partial charge in [-0.3, -0.25) is 15.1 Å². The fraction of sp³-hybridized carbons (Fsp3) is 0. The van der Waals surface area contributed by atoms with Crippen molar-refractivity contribution >= 4 is 11.8 Å². The molecule has 0 aliphatic rings. The number of benzene rings is 2. The summed E-state index contributed by atoms with van der Waals surface area (Å²) in [6.45, 7) is 0. The summed E-state index contributed by atoms with van der Waals surface area (Å²) in [5.74, 6) is -0.563. The molecule has 0 radical (unpaired) electrons. The number of carbonyl (C=O) groups excluding carboxylic acids is 1. The zero-order valence-electron chi connectivity index (χ0n) is 14.5. The first kappa shape index (κ1) is 17.4. The number of aromatic nitrogens is 2. The maximum absolute atomic E-state index is 13.3. The number of anilines is 1. The van der Waals surface area contributed by atoms with Crippen molar-refractivity contribution in [2.24, 2.45) is 0 Å². The zero-order valence-corrected chi connectivity index (χ0v) is 14.5. The quantitative estimate of drug-likeness (QED) is 0.548. The zero-order chi connectivity index (χ0) is 19.5. The van der Waals surface area contributed by atoms with Gasteiger partial charge in [-0.2, -0.15) is 0 Å². The Bertz CT molecular complexity index is 1110. The normalized spacial score (nSPS) is 10.6. The van der Waals surface area contributed by atoms with Gasteiger partial charge in [-0.25, -0.2) is 4.39 Å². The lowest BCUT2D eigenvalue weighted by atomic mass is 10.0. The van der Waals surface area contributed by atoms with E-state index in [1.807, 2.05) is 0 Å². The van der Waals surface area contributed by atoms with E-state index in [1.165, 1.54) is 36.4 Å². The van der Waals surface area contributed by atoms with Crippen molar-refractivity contribution < 1.29 is 18.8 Å². The molecule has 4 rings (SSSR count). The number of aromatic hydroxyl groups is 1. The number of halogens is 1. The molecule has 138 valence electrons. The second-order valence-corrected chi connectivity index (χ2v) is 5.98. The Labute approximate surface area is 159 Å². The van der Waals surface area contributed by atoms with Crippen LogP contribution in [0.3, 0.4) is 0 Å². The van der Waals surface area contributed by atoms with E-state index in [2.05, 4.69) is 15.5 Å². The number of nitrogens with one attached hydrogen (secondary N) is 1. The molecule has 28 heavy (non-hydrogen) atoms. The monoisotopic (exact) mass is 375 g/mol. The van der Waals surface area contributed by atoms with Crippen LogP contribution in [0.4, 0.5) is 10.3 Å². The predicted molar refractivity (Wildman–Crippen MR) is 101 cm³/mol. The van der Waals surface area contributed by atoms with Gasteiger partial charge in [-0.05, 0) is 66.2 Å². The minimum atomic E-state index is -0.419. The molecule has 0 aliphatic heterocycles. The van der Waals surface area contributed by atoms with Gasteiger partial charge in [0.25, 0.3) is 5.91 Å². The molecule has 2 aromatic carbocycles. The van der Waals surface area contributed by atoms with Crippen LogP contribution in [0.2, 0.25) is 0 Å². The topological polar surface area (TPSA) is 88.3 Å². The molecule has 0 fully saturated rings. The Balaban J connectivity index is 1.76. The molecule has 0 spiro atoms.